The molecule has 180 valence electrons. The first-order chi connectivity index (χ1) is 14.6. The minimum Gasteiger partial charge on any atom is -0.444 e. The Bertz CT molecular complexity index is 604. The van der Waals surface area contributed by atoms with Gasteiger partial charge < -0.3 is 14.5 Å². The largest absolute Gasteiger partial charge is 0.444 e. The molecule has 1 amide bonds. The molecular formula is C24H45N3O4. The Labute approximate surface area is 189 Å². The zero-order chi connectivity index (χ0) is 24.6. The molecule has 0 aliphatic carbocycles. The van der Waals surface area contributed by atoms with E-state index < -0.39 is 10.5 Å². The van der Waals surface area contributed by atoms with Crippen LogP contribution in [0.15, 0.2) is 24.3 Å². The molecule has 1 aromatic carbocycles. The average molecular weight is 440 g/mol. The fourth-order valence-corrected chi connectivity index (χ4v) is 2.78. The van der Waals surface area contributed by atoms with Crippen LogP contribution in [-0.4, -0.2) is 47.7 Å². The monoisotopic (exact) mass is 439 g/mol. The lowest BCUT2D eigenvalue weighted by atomic mass is 10.0. The lowest BCUT2D eigenvalue weighted by molar-refractivity contribution is -0.384. The van der Waals surface area contributed by atoms with Crippen molar-refractivity contribution >= 4 is 17.5 Å². The van der Waals surface area contributed by atoms with Gasteiger partial charge in [0, 0.05) is 44.0 Å². The number of piperidine rings is 1. The lowest BCUT2D eigenvalue weighted by Gasteiger charge is -2.38. The summed E-state index contributed by atoms with van der Waals surface area (Å²) in [5, 5.41) is 10.7. The zero-order valence-electron chi connectivity index (χ0n) is 21.4. The van der Waals surface area contributed by atoms with E-state index in [4.69, 9.17) is 4.74 Å². The summed E-state index contributed by atoms with van der Waals surface area (Å²) >= 11 is 0. The number of nitrogens with zero attached hydrogens (tertiary/aromatic N) is 3. The summed E-state index contributed by atoms with van der Waals surface area (Å²) in [6.07, 6.45) is 2.63. The van der Waals surface area contributed by atoms with Crippen LogP contribution in [0.2, 0.25) is 0 Å². The molecule has 31 heavy (non-hydrogen) atoms. The summed E-state index contributed by atoms with van der Waals surface area (Å²) in [5.41, 5.74) is 0.572. The van der Waals surface area contributed by atoms with E-state index in [1.54, 1.807) is 24.1 Å². The van der Waals surface area contributed by atoms with Gasteiger partial charge in [-0.3, -0.25) is 10.1 Å². The minimum absolute atomic E-state index is 0.0956. The van der Waals surface area contributed by atoms with Crippen LogP contribution in [0.4, 0.5) is 16.2 Å². The van der Waals surface area contributed by atoms with Crippen LogP contribution in [0.25, 0.3) is 0 Å². The Morgan fingerprint density at radius 1 is 1.10 bits per heavy atom. The molecule has 2 rings (SSSR count). The number of ether oxygens (including phenoxy) is 1. The normalized spacial score (nSPS) is 13.3. The highest BCUT2D eigenvalue weighted by Gasteiger charge is 2.28. The number of nitro groups is 1. The predicted octanol–water partition coefficient (Wildman–Crippen LogP) is 6.90. The number of non-ortho nitro benzene ring substituents is 1. The fraction of sp³-hybridized carbons (Fsp3) is 0.708. The fourth-order valence-electron chi connectivity index (χ4n) is 2.78. The van der Waals surface area contributed by atoms with Gasteiger partial charge in [-0.25, -0.2) is 4.79 Å². The SMILES string of the molecule is CC.CC.CCC.CN(C(=O)OC(C)(C)C)C1CCN(c2ccc([N+](=O)[O-])cc2)CC1. The third-order valence-electron chi connectivity index (χ3n) is 4.12. The molecule has 7 nitrogen and oxygen atoms in total. The third-order valence-corrected chi connectivity index (χ3v) is 4.12. The van der Waals surface area contributed by atoms with Gasteiger partial charge in [0.1, 0.15) is 5.60 Å². The molecule has 0 radical (unpaired) electrons. The number of rotatable bonds is 3. The maximum Gasteiger partial charge on any atom is 0.410 e. The molecular weight excluding hydrogens is 394 g/mol. The summed E-state index contributed by atoms with van der Waals surface area (Å²) in [4.78, 5) is 26.3. The van der Waals surface area contributed by atoms with E-state index in [1.807, 2.05) is 48.5 Å². The van der Waals surface area contributed by atoms with Crippen molar-refractivity contribution in [3.63, 3.8) is 0 Å². The molecule has 7 heteroatoms. The van der Waals surface area contributed by atoms with E-state index in [0.717, 1.165) is 31.6 Å². The zero-order valence-corrected chi connectivity index (χ0v) is 21.4. The molecule has 0 saturated carbocycles. The number of hydrogen-bond acceptors (Lipinski definition) is 5. The number of amides is 1. The van der Waals surface area contributed by atoms with Gasteiger partial charge in [0.05, 0.1) is 4.92 Å². The van der Waals surface area contributed by atoms with Crippen molar-refractivity contribution in [3.05, 3.63) is 34.4 Å². The number of carbonyl (C=O) groups excluding carboxylic acids is 1. The van der Waals surface area contributed by atoms with Crippen LogP contribution in [-0.2, 0) is 4.74 Å². The highest BCUT2D eigenvalue weighted by molar-refractivity contribution is 5.68. The molecule has 1 aliphatic rings. The van der Waals surface area contributed by atoms with E-state index in [0.29, 0.717) is 0 Å². The second-order valence-corrected chi connectivity index (χ2v) is 7.79. The minimum atomic E-state index is -0.495. The van der Waals surface area contributed by atoms with Crippen molar-refractivity contribution in [2.45, 2.75) is 93.2 Å². The van der Waals surface area contributed by atoms with Crippen molar-refractivity contribution in [1.29, 1.82) is 0 Å². The van der Waals surface area contributed by atoms with Crippen LogP contribution >= 0.6 is 0 Å². The van der Waals surface area contributed by atoms with E-state index >= 15 is 0 Å². The highest BCUT2D eigenvalue weighted by atomic mass is 16.6. The third kappa shape index (κ3) is 12.2. The Hall–Kier alpha value is -2.31. The number of hydrogen-bond donors (Lipinski definition) is 0. The number of nitro benzene ring substituents is 1. The van der Waals surface area contributed by atoms with Crippen molar-refractivity contribution in [3.8, 4) is 0 Å². The topological polar surface area (TPSA) is 75.9 Å². The van der Waals surface area contributed by atoms with Crippen molar-refractivity contribution < 1.29 is 14.5 Å². The van der Waals surface area contributed by atoms with Gasteiger partial charge in [0.15, 0.2) is 0 Å². The number of anilines is 1. The summed E-state index contributed by atoms with van der Waals surface area (Å²) in [7, 11) is 1.78. The Kier molecular flexibility index (Phi) is 16.3. The molecule has 0 bridgehead atoms. The first-order valence-electron chi connectivity index (χ1n) is 11.5. The van der Waals surface area contributed by atoms with Crippen LogP contribution < -0.4 is 4.90 Å². The summed E-state index contributed by atoms with van der Waals surface area (Å²) in [6.45, 7) is 19.4. The molecule has 1 saturated heterocycles. The van der Waals surface area contributed by atoms with Crippen LogP contribution in [0.5, 0.6) is 0 Å². The maximum absolute atomic E-state index is 12.1. The van der Waals surface area contributed by atoms with Gasteiger partial charge in [-0.15, -0.1) is 0 Å². The highest BCUT2D eigenvalue weighted by Crippen LogP contribution is 2.25. The molecule has 0 spiro atoms. The number of carbonyl (C=O) groups is 1. The van der Waals surface area contributed by atoms with Gasteiger partial charge >= 0.3 is 6.09 Å². The van der Waals surface area contributed by atoms with Crippen LogP contribution in [0.3, 0.4) is 0 Å². The molecule has 0 atom stereocenters. The van der Waals surface area contributed by atoms with Crippen molar-refractivity contribution in [2.75, 3.05) is 25.0 Å². The molecule has 1 aliphatic heterocycles. The van der Waals surface area contributed by atoms with Crippen LogP contribution in [0.1, 0.15) is 81.6 Å². The van der Waals surface area contributed by atoms with E-state index in [1.165, 1.54) is 18.6 Å². The summed E-state index contributed by atoms with van der Waals surface area (Å²) < 4.78 is 5.41. The van der Waals surface area contributed by atoms with E-state index in [9.17, 15) is 14.9 Å². The lowest BCUT2D eigenvalue weighted by Crippen LogP contribution is -2.47. The molecule has 0 unspecified atom stereocenters. The maximum atomic E-state index is 12.1. The van der Waals surface area contributed by atoms with Crippen LogP contribution in [0, 0.1) is 10.1 Å². The standard InChI is InChI=1S/C17H25N3O4.C3H8.2C2H6/c1-17(2,3)24-16(21)18(4)13-9-11-19(12-10-13)14-5-7-15(8-6-14)20(22)23;1-3-2;2*1-2/h5-8,13H,9-12H2,1-4H3;3H2,1-2H3;2*1-2H3. The Morgan fingerprint density at radius 2 is 1.52 bits per heavy atom. The predicted molar refractivity (Wildman–Crippen MR) is 131 cm³/mol. The Morgan fingerprint density at radius 3 is 1.87 bits per heavy atom. The van der Waals surface area contributed by atoms with E-state index in [2.05, 4.69) is 18.7 Å². The second-order valence-electron chi connectivity index (χ2n) is 7.79. The second kappa shape index (κ2) is 16.4. The first kappa shape index (κ1) is 30.9. The van der Waals surface area contributed by atoms with Gasteiger partial charge in [0.25, 0.3) is 5.69 Å². The smallest absolute Gasteiger partial charge is 0.410 e. The van der Waals surface area contributed by atoms with Gasteiger partial charge in [0.2, 0.25) is 0 Å². The quantitative estimate of drug-likeness (QED) is 0.378. The summed E-state index contributed by atoms with van der Waals surface area (Å²) in [6, 6.07) is 6.74. The van der Waals surface area contributed by atoms with Crippen molar-refractivity contribution in [2.24, 2.45) is 0 Å². The van der Waals surface area contributed by atoms with Crippen molar-refractivity contribution in [1.82, 2.24) is 4.90 Å². The molecule has 1 heterocycles. The number of benzene rings is 1. The Balaban J connectivity index is 0. The first-order valence-corrected chi connectivity index (χ1v) is 11.5. The van der Waals surface area contributed by atoms with Gasteiger partial charge in [-0.05, 0) is 45.7 Å². The molecule has 0 aromatic heterocycles. The molecule has 1 aromatic rings. The summed E-state index contributed by atoms with van der Waals surface area (Å²) in [5.74, 6) is 0. The van der Waals surface area contributed by atoms with Gasteiger partial charge in [-0.2, -0.15) is 0 Å². The average Bonchev–Trinajstić information content (AvgIpc) is 2.75. The van der Waals surface area contributed by atoms with Gasteiger partial charge in [-0.1, -0.05) is 48.0 Å². The molecule has 1 fully saturated rings. The van der Waals surface area contributed by atoms with E-state index in [-0.39, 0.29) is 17.8 Å². The molecule has 0 N–H and O–H groups in total.